The van der Waals surface area contributed by atoms with Gasteiger partial charge in [-0.1, -0.05) is 25.7 Å². The third-order valence-corrected chi connectivity index (χ3v) is 5.09. The molecule has 5 heteroatoms. The number of nitrogens with zero attached hydrogens (tertiary/aromatic N) is 1. The standard InChI is InChI=1S/C16H29N3O2/c1-13(20)18-14-6-10-19(11-7-14)15(21)16(12-17)8-4-2-3-5-9-16/h14H,2-12,17H2,1H3,(H,18,20). The molecule has 1 saturated carbocycles. The third-order valence-electron chi connectivity index (χ3n) is 5.09. The van der Waals surface area contributed by atoms with E-state index in [0.717, 1.165) is 51.6 Å². The lowest BCUT2D eigenvalue weighted by Crippen LogP contribution is -2.52. The van der Waals surface area contributed by atoms with Crippen LogP contribution in [0.4, 0.5) is 0 Å². The number of likely N-dealkylation sites (tertiary alicyclic amines) is 1. The minimum atomic E-state index is -0.322. The van der Waals surface area contributed by atoms with E-state index in [2.05, 4.69) is 5.32 Å². The van der Waals surface area contributed by atoms with Crippen molar-refractivity contribution in [3.05, 3.63) is 0 Å². The van der Waals surface area contributed by atoms with Crippen LogP contribution in [0.2, 0.25) is 0 Å². The molecule has 2 rings (SSSR count). The van der Waals surface area contributed by atoms with Crippen LogP contribution < -0.4 is 11.1 Å². The highest BCUT2D eigenvalue weighted by molar-refractivity contribution is 5.83. The number of hydrogen-bond acceptors (Lipinski definition) is 3. The van der Waals surface area contributed by atoms with Crippen molar-refractivity contribution < 1.29 is 9.59 Å². The van der Waals surface area contributed by atoms with Gasteiger partial charge in [-0.2, -0.15) is 0 Å². The summed E-state index contributed by atoms with van der Waals surface area (Å²) in [4.78, 5) is 26.0. The Labute approximate surface area is 127 Å². The minimum Gasteiger partial charge on any atom is -0.353 e. The molecule has 1 saturated heterocycles. The van der Waals surface area contributed by atoms with Gasteiger partial charge in [0.2, 0.25) is 11.8 Å². The van der Waals surface area contributed by atoms with E-state index in [1.165, 1.54) is 12.8 Å². The second kappa shape index (κ2) is 7.25. The Morgan fingerprint density at radius 1 is 1.14 bits per heavy atom. The van der Waals surface area contributed by atoms with Crippen LogP contribution in [-0.4, -0.2) is 42.4 Å². The van der Waals surface area contributed by atoms with E-state index in [0.29, 0.717) is 6.54 Å². The lowest BCUT2D eigenvalue weighted by molar-refractivity contribution is -0.143. The van der Waals surface area contributed by atoms with Gasteiger partial charge in [0.15, 0.2) is 0 Å². The van der Waals surface area contributed by atoms with E-state index in [4.69, 9.17) is 5.73 Å². The number of nitrogens with two attached hydrogens (primary N) is 1. The molecule has 0 aromatic rings. The summed E-state index contributed by atoms with van der Waals surface area (Å²) in [5.74, 6) is 0.273. The summed E-state index contributed by atoms with van der Waals surface area (Å²) in [5, 5.41) is 2.95. The molecule has 2 fully saturated rings. The Bertz CT molecular complexity index is 368. The molecule has 0 atom stereocenters. The van der Waals surface area contributed by atoms with E-state index in [9.17, 15) is 9.59 Å². The van der Waals surface area contributed by atoms with Gasteiger partial charge in [-0.15, -0.1) is 0 Å². The number of rotatable bonds is 3. The molecule has 2 amide bonds. The third kappa shape index (κ3) is 3.96. The predicted molar refractivity (Wildman–Crippen MR) is 82.6 cm³/mol. The van der Waals surface area contributed by atoms with Gasteiger partial charge in [-0.3, -0.25) is 9.59 Å². The topological polar surface area (TPSA) is 75.4 Å². The fraction of sp³-hybridized carbons (Fsp3) is 0.875. The van der Waals surface area contributed by atoms with Gasteiger partial charge in [-0.05, 0) is 25.7 Å². The highest BCUT2D eigenvalue weighted by Crippen LogP contribution is 2.36. The van der Waals surface area contributed by atoms with Crippen molar-refractivity contribution in [1.29, 1.82) is 0 Å². The maximum Gasteiger partial charge on any atom is 0.230 e. The highest BCUT2D eigenvalue weighted by Gasteiger charge is 2.40. The van der Waals surface area contributed by atoms with Crippen molar-refractivity contribution in [2.75, 3.05) is 19.6 Å². The first kappa shape index (κ1) is 16.3. The van der Waals surface area contributed by atoms with Gasteiger partial charge in [-0.25, -0.2) is 0 Å². The molecular formula is C16H29N3O2. The molecule has 0 unspecified atom stereocenters. The Balaban J connectivity index is 1.94. The molecule has 0 radical (unpaired) electrons. The number of hydrogen-bond donors (Lipinski definition) is 2. The molecular weight excluding hydrogens is 266 g/mol. The second-order valence-corrected chi connectivity index (χ2v) is 6.67. The first-order valence-electron chi connectivity index (χ1n) is 8.34. The van der Waals surface area contributed by atoms with Crippen LogP contribution in [0.25, 0.3) is 0 Å². The van der Waals surface area contributed by atoms with Gasteiger partial charge in [0.1, 0.15) is 0 Å². The molecule has 3 N–H and O–H groups in total. The normalized spacial score (nSPS) is 23.4. The Morgan fingerprint density at radius 2 is 1.71 bits per heavy atom. The lowest BCUT2D eigenvalue weighted by atomic mass is 9.78. The fourth-order valence-corrected chi connectivity index (χ4v) is 3.76. The van der Waals surface area contributed by atoms with E-state index >= 15 is 0 Å². The summed E-state index contributed by atoms with van der Waals surface area (Å²) in [6, 6.07) is 0.217. The summed E-state index contributed by atoms with van der Waals surface area (Å²) < 4.78 is 0. The molecule has 2 aliphatic rings. The second-order valence-electron chi connectivity index (χ2n) is 6.67. The van der Waals surface area contributed by atoms with Crippen LogP contribution in [0.3, 0.4) is 0 Å². The fourth-order valence-electron chi connectivity index (χ4n) is 3.76. The quantitative estimate of drug-likeness (QED) is 0.773. The molecule has 0 bridgehead atoms. The zero-order chi connectivity index (χ0) is 15.3. The van der Waals surface area contributed by atoms with E-state index in [1.54, 1.807) is 6.92 Å². The Hall–Kier alpha value is -1.10. The molecule has 5 nitrogen and oxygen atoms in total. The van der Waals surface area contributed by atoms with E-state index in [1.807, 2.05) is 4.90 Å². The average molecular weight is 295 g/mol. The summed E-state index contributed by atoms with van der Waals surface area (Å²) in [5.41, 5.74) is 5.68. The van der Waals surface area contributed by atoms with Crippen molar-refractivity contribution in [2.24, 2.45) is 11.1 Å². The van der Waals surface area contributed by atoms with Crippen molar-refractivity contribution >= 4 is 11.8 Å². The highest BCUT2D eigenvalue weighted by atomic mass is 16.2. The zero-order valence-electron chi connectivity index (χ0n) is 13.2. The number of carbonyl (C=O) groups is 2. The monoisotopic (exact) mass is 295 g/mol. The number of nitrogens with one attached hydrogen (secondary N) is 1. The first-order valence-corrected chi connectivity index (χ1v) is 8.34. The largest absolute Gasteiger partial charge is 0.353 e. The summed E-state index contributed by atoms with van der Waals surface area (Å²) >= 11 is 0. The smallest absolute Gasteiger partial charge is 0.230 e. The predicted octanol–water partition coefficient (Wildman–Crippen LogP) is 1.41. The molecule has 1 heterocycles. The Kier molecular flexibility index (Phi) is 5.62. The van der Waals surface area contributed by atoms with Crippen molar-refractivity contribution in [2.45, 2.75) is 64.3 Å². The SMILES string of the molecule is CC(=O)NC1CCN(C(=O)C2(CN)CCCCCC2)CC1. The molecule has 0 aromatic heterocycles. The number of carbonyl (C=O) groups excluding carboxylic acids is 2. The van der Waals surface area contributed by atoms with Crippen molar-refractivity contribution in [1.82, 2.24) is 10.2 Å². The summed E-state index contributed by atoms with van der Waals surface area (Å²) in [7, 11) is 0. The van der Waals surface area contributed by atoms with Gasteiger partial charge in [0.25, 0.3) is 0 Å². The number of piperidine rings is 1. The average Bonchev–Trinajstić information content (AvgIpc) is 2.73. The van der Waals surface area contributed by atoms with Crippen LogP contribution >= 0.6 is 0 Å². The van der Waals surface area contributed by atoms with Crippen LogP contribution in [0.15, 0.2) is 0 Å². The van der Waals surface area contributed by atoms with Crippen molar-refractivity contribution in [3.63, 3.8) is 0 Å². The lowest BCUT2D eigenvalue weighted by Gasteiger charge is -2.39. The maximum absolute atomic E-state index is 12.9. The zero-order valence-corrected chi connectivity index (χ0v) is 13.2. The van der Waals surface area contributed by atoms with Gasteiger partial charge < -0.3 is 16.0 Å². The van der Waals surface area contributed by atoms with Crippen LogP contribution in [0.1, 0.15) is 58.3 Å². The van der Waals surface area contributed by atoms with Gasteiger partial charge in [0, 0.05) is 32.6 Å². The first-order chi connectivity index (χ1) is 10.1. The molecule has 0 spiro atoms. The maximum atomic E-state index is 12.9. The summed E-state index contributed by atoms with van der Waals surface area (Å²) in [6.45, 7) is 3.50. The number of amides is 2. The van der Waals surface area contributed by atoms with Crippen molar-refractivity contribution in [3.8, 4) is 0 Å². The molecule has 120 valence electrons. The molecule has 0 aromatic carbocycles. The molecule has 1 aliphatic heterocycles. The minimum absolute atomic E-state index is 0.0157. The molecule has 21 heavy (non-hydrogen) atoms. The van der Waals surface area contributed by atoms with E-state index < -0.39 is 0 Å². The van der Waals surface area contributed by atoms with Gasteiger partial charge >= 0.3 is 0 Å². The van der Waals surface area contributed by atoms with Crippen LogP contribution in [0, 0.1) is 5.41 Å². The Morgan fingerprint density at radius 3 is 2.19 bits per heavy atom. The van der Waals surface area contributed by atoms with Gasteiger partial charge in [0.05, 0.1) is 5.41 Å². The summed E-state index contributed by atoms with van der Waals surface area (Å²) in [6.07, 6.45) is 8.26. The van der Waals surface area contributed by atoms with E-state index in [-0.39, 0.29) is 23.3 Å². The van der Waals surface area contributed by atoms with Crippen LogP contribution in [-0.2, 0) is 9.59 Å². The van der Waals surface area contributed by atoms with Crippen LogP contribution in [0.5, 0.6) is 0 Å². The molecule has 1 aliphatic carbocycles.